The van der Waals surface area contributed by atoms with Gasteiger partial charge in [-0.2, -0.15) is 0 Å². The monoisotopic (exact) mass is 269 g/mol. The van der Waals surface area contributed by atoms with Gasteiger partial charge in [0.25, 0.3) is 5.91 Å². The summed E-state index contributed by atoms with van der Waals surface area (Å²) >= 11 is 0. The number of carbonyl (C=O) groups is 3. The van der Waals surface area contributed by atoms with Crippen molar-refractivity contribution in [1.82, 2.24) is 0 Å². The summed E-state index contributed by atoms with van der Waals surface area (Å²) < 4.78 is 0. The van der Waals surface area contributed by atoms with Crippen LogP contribution in [0, 0.1) is 0 Å². The molecule has 2 N–H and O–H groups in total. The Balaban J connectivity index is 2.16. The molecule has 2 aromatic rings. The van der Waals surface area contributed by atoms with Crippen molar-refractivity contribution < 1.29 is 19.5 Å². The van der Waals surface area contributed by atoms with Crippen molar-refractivity contribution in [2.75, 3.05) is 5.32 Å². The molecule has 0 aromatic heterocycles. The lowest BCUT2D eigenvalue weighted by Crippen LogP contribution is -2.12. The molecule has 5 nitrogen and oxygen atoms in total. The van der Waals surface area contributed by atoms with Crippen LogP contribution in [0.25, 0.3) is 0 Å². The van der Waals surface area contributed by atoms with E-state index in [0.29, 0.717) is 23.1 Å². The zero-order valence-corrected chi connectivity index (χ0v) is 10.4. The minimum atomic E-state index is -1.06. The van der Waals surface area contributed by atoms with E-state index in [1.54, 1.807) is 12.1 Å². The van der Waals surface area contributed by atoms with E-state index in [2.05, 4.69) is 5.32 Å². The highest BCUT2D eigenvalue weighted by molar-refractivity contribution is 6.05. The van der Waals surface area contributed by atoms with Gasteiger partial charge in [-0.1, -0.05) is 18.2 Å². The Morgan fingerprint density at radius 1 is 1.00 bits per heavy atom. The zero-order valence-electron chi connectivity index (χ0n) is 10.4. The lowest BCUT2D eigenvalue weighted by atomic mass is 10.1. The topological polar surface area (TPSA) is 83.5 Å². The van der Waals surface area contributed by atoms with Gasteiger partial charge in [-0.05, 0) is 30.3 Å². The summed E-state index contributed by atoms with van der Waals surface area (Å²) in [5, 5.41) is 11.5. The first kappa shape index (κ1) is 13.5. The second kappa shape index (κ2) is 5.79. The Hall–Kier alpha value is -2.95. The summed E-state index contributed by atoms with van der Waals surface area (Å²) in [7, 11) is 0. The van der Waals surface area contributed by atoms with Crippen LogP contribution >= 0.6 is 0 Å². The molecule has 5 heteroatoms. The maximum atomic E-state index is 11.9. The minimum absolute atomic E-state index is 0.0964. The Bertz CT molecular complexity index is 662. The second-order valence-electron chi connectivity index (χ2n) is 4.08. The third-order valence-corrected chi connectivity index (χ3v) is 2.68. The number of aromatic carboxylic acids is 1. The van der Waals surface area contributed by atoms with Gasteiger partial charge >= 0.3 is 5.97 Å². The Morgan fingerprint density at radius 2 is 1.70 bits per heavy atom. The van der Waals surface area contributed by atoms with E-state index in [1.165, 1.54) is 36.4 Å². The van der Waals surface area contributed by atoms with Gasteiger partial charge in [-0.3, -0.25) is 9.59 Å². The van der Waals surface area contributed by atoms with Gasteiger partial charge in [0.1, 0.15) is 6.29 Å². The molecule has 0 aliphatic heterocycles. The molecule has 2 rings (SSSR count). The smallest absolute Gasteiger partial charge is 0.335 e. The predicted molar refractivity (Wildman–Crippen MR) is 73.2 cm³/mol. The molecule has 100 valence electrons. The highest BCUT2D eigenvalue weighted by Gasteiger charge is 2.08. The lowest BCUT2D eigenvalue weighted by molar-refractivity contribution is 0.0696. The molecular weight excluding hydrogens is 258 g/mol. The Kier molecular flexibility index (Phi) is 3.91. The number of nitrogens with one attached hydrogen (secondary N) is 1. The quantitative estimate of drug-likeness (QED) is 0.835. The van der Waals surface area contributed by atoms with Gasteiger partial charge in [-0.15, -0.1) is 0 Å². The SMILES string of the molecule is O=Cc1ccc(C(=O)Nc2cccc(C(=O)O)c2)cc1. The summed E-state index contributed by atoms with van der Waals surface area (Å²) in [5.41, 5.74) is 1.36. The van der Waals surface area contributed by atoms with Crippen molar-refractivity contribution >= 4 is 23.9 Å². The molecule has 0 unspecified atom stereocenters. The first-order valence-corrected chi connectivity index (χ1v) is 5.80. The van der Waals surface area contributed by atoms with Crippen LogP contribution in [0.4, 0.5) is 5.69 Å². The number of hydrogen-bond acceptors (Lipinski definition) is 3. The normalized spacial score (nSPS) is 9.80. The molecule has 0 bridgehead atoms. The van der Waals surface area contributed by atoms with E-state index < -0.39 is 5.97 Å². The average molecular weight is 269 g/mol. The Morgan fingerprint density at radius 3 is 2.30 bits per heavy atom. The van der Waals surface area contributed by atoms with Crippen LogP contribution in [-0.2, 0) is 0 Å². The fourth-order valence-electron chi connectivity index (χ4n) is 1.65. The third-order valence-electron chi connectivity index (χ3n) is 2.68. The van der Waals surface area contributed by atoms with Crippen LogP contribution in [0.2, 0.25) is 0 Å². The van der Waals surface area contributed by atoms with Crippen molar-refractivity contribution in [3.63, 3.8) is 0 Å². The van der Waals surface area contributed by atoms with Gasteiger partial charge in [-0.25, -0.2) is 4.79 Å². The first-order valence-electron chi connectivity index (χ1n) is 5.80. The van der Waals surface area contributed by atoms with Crippen LogP contribution in [0.5, 0.6) is 0 Å². The van der Waals surface area contributed by atoms with Gasteiger partial charge < -0.3 is 10.4 Å². The summed E-state index contributed by atoms with van der Waals surface area (Å²) in [5.74, 6) is -1.43. The molecule has 0 heterocycles. The van der Waals surface area contributed by atoms with Crippen LogP contribution in [0.1, 0.15) is 31.1 Å². The molecule has 1 amide bonds. The van der Waals surface area contributed by atoms with Crippen molar-refractivity contribution in [3.8, 4) is 0 Å². The molecule has 0 saturated heterocycles. The molecular formula is C15H11NO4. The number of benzene rings is 2. The van der Waals surface area contributed by atoms with Crippen LogP contribution in [-0.4, -0.2) is 23.3 Å². The number of carboxylic acid groups (broad SMARTS) is 1. The molecule has 0 aliphatic rings. The van der Waals surface area contributed by atoms with E-state index in [4.69, 9.17) is 5.11 Å². The van der Waals surface area contributed by atoms with Crippen molar-refractivity contribution in [2.45, 2.75) is 0 Å². The average Bonchev–Trinajstić information content (AvgIpc) is 2.47. The van der Waals surface area contributed by atoms with E-state index in [1.807, 2.05) is 0 Å². The van der Waals surface area contributed by atoms with Crippen molar-refractivity contribution in [1.29, 1.82) is 0 Å². The number of rotatable bonds is 4. The molecule has 0 saturated carbocycles. The summed E-state index contributed by atoms with van der Waals surface area (Å²) in [6, 6.07) is 12.1. The van der Waals surface area contributed by atoms with E-state index in [9.17, 15) is 14.4 Å². The predicted octanol–water partition coefficient (Wildman–Crippen LogP) is 2.45. The van der Waals surface area contributed by atoms with E-state index in [-0.39, 0.29) is 11.5 Å². The van der Waals surface area contributed by atoms with Crippen LogP contribution in [0.3, 0.4) is 0 Å². The number of hydrogen-bond donors (Lipinski definition) is 2. The maximum Gasteiger partial charge on any atom is 0.335 e. The molecule has 0 radical (unpaired) electrons. The standard InChI is InChI=1S/C15H11NO4/c17-9-10-4-6-11(7-5-10)14(18)16-13-3-1-2-12(8-13)15(19)20/h1-9H,(H,16,18)(H,19,20). The molecule has 2 aromatic carbocycles. The molecule has 0 atom stereocenters. The summed E-state index contributed by atoms with van der Waals surface area (Å²) in [6.45, 7) is 0. The van der Waals surface area contributed by atoms with Crippen LogP contribution < -0.4 is 5.32 Å². The largest absolute Gasteiger partial charge is 0.478 e. The van der Waals surface area contributed by atoms with E-state index in [0.717, 1.165) is 0 Å². The molecule has 0 spiro atoms. The lowest BCUT2D eigenvalue weighted by Gasteiger charge is -2.06. The summed E-state index contributed by atoms with van der Waals surface area (Å²) in [6.07, 6.45) is 0.692. The van der Waals surface area contributed by atoms with Gasteiger partial charge in [0.15, 0.2) is 0 Å². The number of carbonyl (C=O) groups excluding carboxylic acids is 2. The van der Waals surface area contributed by atoms with E-state index >= 15 is 0 Å². The minimum Gasteiger partial charge on any atom is -0.478 e. The highest BCUT2D eigenvalue weighted by atomic mass is 16.4. The van der Waals surface area contributed by atoms with Gasteiger partial charge in [0, 0.05) is 16.8 Å². The van der Waals surface area contributed by atoms with Gasteiger partial charge in [0.2, 0.25) is 0 Å². The Labute approximate surface area is 114 Å². The fourth-order valence-corrected chi connectivity index (χ4v) is 1.65. The van der Waals surface area contributed by atoms with Crippen LogP contribution in [0.15, 0.2) is 48.5 Å². The number of anilines is 1. The van der Waals surface area contributed by atoms with Gasteiger partial charge in [0.05, 0.1) is 5.56 Å². The zero-order chi connectivity index (χ0) is 14.5. The van der Waals surface area contributed by atoms with Crippen molar-refractivity contribution in [3.05, 3.63) is 65.2 Å². The number of amides is 1. The number of aldehydes is 1. The van der Waals surface area contributed by atoms with Crippen molar-refractivity contribution in [2.24, 2.45) is 0 Å². The maximum absolute atomic E-state index is 11.9. The fraction of sp³-hybridized carbons (Fsp3) is 0. The summed E-state index contributed by atoms with van der Waals surface area (Å²) in [4.78, 5) is 33.3. The molecule has 0 aliphatic carbocycles. The first-order chi connectivity index (χ1) is 9.60. The molecule has 0 fully saturated rings. The third kappa shape index (κ3) is 3.08. The second-order valence-corrected chi connectivity index (χ2v) is 4.08. The molecule has 20 heavy (non-hydrogen) atoms. The number of carboxylic acids is 1. The highest BCUT2D eigenvalue weighted by Crippen LogP contribution is 2.12.